The summed E-state index contributed by atoms with van der Waals surface area (Å²) in [7, 11) is 0. The topological polar surface area (TPSA) is 43.3 Å². The van der Waals surface area contributed by atoms with Crippen LogP contribution in [0.3, 0.4) is 0 Å². The summed E-state index contributed by atoms with van der Waals surface area (Å²) in [6.45, 7) is 8.33. The molecule has 0 aliphatic rings. The van der Waals surface area contributed by atoms with Gasteiger partial charge in [0.15, 0.2) is 4.96 Å². The number of halogens is 1. The second-order valence-corrected chi connectivity index (χ2v) is 7.41. The van der Waals surface area contributed by atoms with E-state index in [1.165, 1.54) is 12.1 Å². The smallest absolute Gasteiger partial charge is 0.196 e. The Labute approximate surface area is 127 Å². The van der Waals surface area contributed by atoms with Gasteiger partial charge in [-0.3, -0.25) is 4.40 Å². The minimum absolute atomic E-state index is 0.107. The summed E-state index contributed by atoms with van der Waals surface area (Å²) in [5.41, 5.74) is 9.08. The Balaban J connectivity index is 2.30. The molecule has 0 bridgehead atoms. The lowest BCUT2D eigenvalue weighted by atomic mass is 9.92. The molecule has 0 atom stereocenters. The molecule has 3 aromatic rings. The summed E-state index contributed by atoms with van der Waals surface area (Å²) < 4.78 is 15.1. The van der Waals surface area contributed by atoms with E-state index in [-0.39, 0.29) is 11.2 Å². The van der Waals surface area contributed by atoms with Crippen molar-refractivity contribution in [3.8, 4) is 11.3 Å². The number of benzene rings is 1. The molecule has 0 saturated heterocycles. The largest absolute Gasteiger partial charge is 0.383 e. The number of fused-ring (bicyclic) bond motifs is 1. The molecule has 3 rings (SSSR count). The minimum Gasteiger partial charge on any atom is -0.383 e. The fraction of sp³-hybridized carbons (Fsp3) is 0.312. The molecule has 0 radical (unpaired) electrons. The molecule has 0 aliphatic heterocycles. The fourth-order valence-corrected chi connectivity index (χ4v) is 3.53. The Bertz CT molecular complexity index is 807. The third kappa shape index (κ3) is 2.21. The van der Waals surface area contributed by atoms with E-state index in [1.54, 1.807) is 23.5 Å². The maximum atomic E-state index is 13.1. The van der Waals surface area contributed by atoms with Crippen LogP contribution in [-0.4, -0.2) is 9.38 Å². The molecule has 0 fully saturated rings. The first-order valence-corrected chi connectivity index (χ1v) is 7.64. The van der Waals surface area contributed by atoms with Crippen LogP contribution in [0.1, 0.15) is 31.3 Å². The Morgan fingerprint density at radius 2 is 1.81 bits per heavy atom. The lowest BCUT2D eigenvalue weighted by Crippen LogP contribution is -2.14. The zero-order chi connectivity index (χ0) is 15.4. The van der Waals surface area contributed by atoms with E-state index in [0.717, 1.165) is 26.8 Å². The molecule has 0 aliphatic carbocycles. The maximum absolute atomic E-state index is 13.1. The van der Waals surface area contributed by atoms with Gasteiger partial charge in [-0.05, 0) is 36.8 Å². The second-order valence-electron chi connectivity index (χ2n) is 6.23. The summed E-state index contributed by atoms with van der Waals surface area (Å²) in [5, 5.41) is 0. The first-order valence-electron chi connectivity index (χ1n) is 6.83. The normalized spacial score (nSPS) is 12.2. The monoisotopic (exact) mass is 303 g/mol. The predicted molar refractivity (Wildman–Crippen MR) is 86.3 cm³/mol. The van der Waals surface area contributed by atoms with Gasteiger partial charge in [-0.25, -0.2) is 9.37 Å². The van der Waals surface area contributed by atoms with Gasteiger partial charge in [0.2, 0.25) is 0 Å². The van der Waals surface area contributed by atoms with Crippen molar-refractivity contribution in [1.29, 1.82) is 0 Å². The number of anilines is 1. The van der Waals surface area contributed by atoms with Gasteiger partial charge in [-0.2, -0.15) is 0 Å². The fourth-order valence-electron chi connectivity index (χ4n) is 2.53. The number of hydrogen-bond donors (Lipinski definition) is 1. The van der Waals surface area contributed by atoms with Crippen LogP contribution in [0, 0.1) is 12.7 Å². The Morgan fingerprint density at radius 1 is 1.19 bits per heavy atom. The maximum Gasteiger partial charge on any atom is 0.196 e. The molecule has 0 amide bonds. The molecule has 21 heavy (non-hydrogen) atoms. The van der Waals surface area contributed by atoms with E-state index in [9.17, 15) is 4.39 Å². The summed E-state index contributed by atoms with van der Waals surface area (Å²) >= 11 is 1.61. The van der Waals surface area contributed by atoms with Gasteiger partial charge in [-0.15, -0.1) is 11.3 Å². The van der Waals surface area contributed by atoms with Gasteiger partial charge in [0.1, 0.15) is 11.6 Å². The second kappa shape index (κ2) is 4.56. The molecule has 0 spiro atoms. The average molecular weight is 303 g/mol. The summed E-state index contributed by atoms with van der Waals surface area (Å²) in [5.74, 6) is 0.429. The Morgan fingerprint density at radius 3 is 2.38 bits per heavy atom. The van der Waals surface area contributed by atoms with Gasteiger partial charge < -0.3 is 5.73 Å². The molecule has 0 unspecified atom stereocenters. The number of nitrogens with zero attached hydrogens (tertiary/aromatic N) is 2. The van der Waals surface area contributed by atoms with E-state index < -0.39 is 0 Å². The van der Waals surface area contributed by atoms with Crippen molar-refractivity contribution in [2.45, 2.75) is 33.1 Å². The van der Waals surface area contributed by atoms with Crippen molar-refractivity contribution in [1.82, 2.24) is 9.38 Å². The highest BCUT2D eigenvalue weighted by Gasteiger charge is 2.25. The van der Waals surface area contributed by atoms with Gasteiger partial charge in [0.25, 0.3) is 0 Å². The predicted octanol–water partition coefficient (Wildman–Crippen LogP) is 4.39. The van der Waals surface area contributed by atoms with Crippen LogP contribution in [0.4, 0.5) is 10.2 Å². The van der Waals surface area contributed by atoms with Crippen LogP contribution in [-0.2, 0) is 5.41 Å². The number of nitrogen functional groups attached to an aromatic ring is 1. The zero-order valence-corrected chi connectivity index (χ0v) is 13.4. The number of nitrogens with two attached hydrogens (primary N) is 1. The summed E-state index contributed by atoms with van der Waals surface area (Å²) in [4.78, 5) is 6.70. The van der Waals surface area contributed by atoms with Crippen LogP contribution in [0.25, 0.3) is 16.2 Å². The number of imidazole rings is 1. The third-order valence-electron chi connectivity index (χ3n) is 3.51. The van der Waals surface area contributed by atoms with Crippen molar-refractivity contribution in [2.75, 3.05) is 5.73 Å². The standard InChI is InChI=1S/C16H18FN3S/c1-9-12(10-5-7-11(17)8-6-10)20-14(18)13(16(2,3)4)19-15(20)21-9/h5-8H,18H2,1-4H3. The van der Waals surface area contributed by atoms with Gasteiger partial charge in [0.05, 0.1) is 11.4 Å². The molecule has 2 heterocycles. The minimum atomic E-state index is -0.239. The van der Waals surface area contributed by atoms with Crippen LogP contribution in [0.15, 0.2) is 24.3 Å². The van der Waals surface area contributed by atoms with Crippen molar-refractivity contribution < 1.29 is 4.39 Å². The first kappa shape index (κ1) is 14.1. The van der Waals surface area contributed by atoms with Gasteiger partial charge in [-0.1, -0.05) is 20.8 Å². The average Bonchev–Trinajstić information content (AvgIpc) is 2.87. The number of aromatic nitrogens is 2. The van der Waals surface area contributed by atoms with Crippen LogP contribution in [0.5, 0.6) is 0 Å². The number of rotatable bonds is 1. The van der Waals surface area contributed by atoms with Gasteiger partial charge in [0, 0.05) is 10.3 Å². The quantitative estimate of drug-likeness (QED) is 0.724. The lowest BCUT2D eigenvalue weighted by molar-refractivity contribution is 0.576. The van der Waals surface area contributed by atoms with Crippen molar-refractivity contribution in [3.63, 3.8) is 0 Å². The highest BCUT2D eigenvalue weighted by molar-refractivity contribution is 7.17. The molecule has 2 N–H and O–H groups in total. The number of aryl methyl sites for hydroxylation is 1. The molecule has 2 aromatic heterocycles. The van der Waals surface area contributed by atoms with Gasteiger partial charge >= 0.3 is 0 Å². The molecule has 110 valence electrons. The Hall–Kier alpha value is -1.88. The number of hydrogen-bond acceptors (Lipinski definition) is 3. The van der Waals surface area contributed by atoms with Crippen molar-refractivity contribution in [2.24, 2.45) is 0 Å². The van der Waals surface area contributed by atoms with Crippen LogP contribution in [0.2, 0.25) is 0 Å². The van der Waals surface area contributed by atoms with E-state index in [0.29, 0.717) is 5.82 Å². The molecule has 1 aromatic carbocycles. The molecule has 3 nitrogen and oxygen atoms in total. The summed E-state index contributed by atoms with van der Waals surface area (Å²) in [6.07, 6.45) is 0. The van der Waals surface area contributed by atoms with E-state index in [2.05, 4.69) is 20.8 Å². The van der Waals surface area contributed by atoms with Crippen LogP contribution >= 0.6 is 11.3 Å². The highest BCUT2D eigenvalue weighted by Crippen LogP contribution is 2.37. The third-order valence-corrected chi connectivity index (χ3v) is 4.47. The van der Waals surface area contributed by atoms with E-state index in [1.807, 2.05) is 11.3 Å². The lowest BCUT2D eigenvalue weighted by Gasteiger charge is -2.16. The summed E-state index contributed by atoms with van der Waals surface area (Å²) in [6, 6.07) is 6.49. The van der Waals surface area contributed by atoms with E-state index in [4.69, 9.17) is 10.7 Å². The van der Waals surface area contributed by atoms with Crippen molar-refractivity contribution >= 4 is 22.1 Å². The zero-order valence-electron chi connectivity index (χ0n) is 12.6. The first-order chi connectivity index (χ1) is 9.79. The Kier molecular flexibility index (Phi) is 3.06. The van der Waals surface area contributed by atoms with Crippen LogP contribution < -0.4 is 5.73 Å². The molecule has 5 heteroatoms. The molecular formula is C16H18FN3S. The molecular weight excluding hydrogens is 285 g/mol. The SMILES string of the molecule is Cc1sc2nc(C(C)(C)C)c(N)n2c1-c1ccc(F)cc1. The number of thiazole rings is 1. The molecule has 0 saturated carbocycles. The highest BCUT2D eigenvalue weighted by atomic mass is 32.1. The van der Waals surface area contributed by atoms with E-state index >= 15 is 0 Å². The van der Waals surface area contributed by atoms with Crippen molar-refractivity contribution in [3.05, 3.63) is 40.7 Å².